The molecule has 0 saturated carbocycles. The zero-order valence-electron chi connectivity index (χ0n) is 45.2. The fourth-order valence-corrected chi connectivity index (χ4v) is 8.75. The predicted molar refractivity (Wildman–Crippen MR) is 295 cm³/mol. The van der Waals surface area contributed by atoms with E-state index in [9.17, 15) is 82.4 Å². The Morgan fingerprint density at radius 1 is 0.821 bits per heavy atom. The molecule has 1 aliphatic heterocycles. The number of aromatic amines is 1. The number of benzene rings is 1. The highest BCUT2D eigenvalue weighted by molar-refractivity contribution is 8.00. The molecule has 1 aliphatic rings. The Hall–Kier alpha value is -9.96. The van der Waals surface area contributed by atoms with Crippen LogP contribution >= 0.6 is 11.8 Å². The summed E-state index contributed by atoms with van der Waals surface area (Å²) in [6.07, 6.45) is -2.31. The second kappa shape index (κ2) is 32.5. The fourth-order valence-electron chi connectivity index (χ4n) is 7.62. The van der Waals surface area contributed by atoms with Crippen LogP contribution in [0.1, 0.15) is 94.1 Å². The number of imide groups is 1. The molecule has 1 aromatic carbocycles. The summed E-state index contributed by atoms with van der Waals surface area (Å²) in [5, 5.41) is 56.1. The van der Waals surface area contributed by atoms with E-state index in [0.29, 0.717) is 23.5 Å². The first kappa shape index (κ1) is 66.6. The molecule has 17 N–H and O–H groups in total. The van der Waals surface area contributed by atoms with Crippen LogP contribution in [0, 0.1) is 5.41 Å². The van der Waals surface area contributed by atoms with Crippen molar-refractivity contribution >= 4 is 123 Å². The van der Waals surface area contributed by atoms with Gasteiger partial charge in [-0.2, -0.15) is 10.1 Å². The lowest BCUT2D eigenvalue weighted by atomic mass is 10.1. The van der Waals surface area contributed by atoms with E-state index >= 15 is 0 Å². The zero-order chi connectivity index (χ0) is 62.2. The maximum atomic E-state index is 13.8. The van der Waals surface area contributed by atoms with E-state index < -0.39 is 138 Å². The number of ketones is 1. The number of aliphatic carboxylic acids is 3. The highest BCUT2D eigenvalue weighted by Gasteiger charge is 2.40. The Morgan fingerprint density at radius 2 is 1.46 bits per heavy atom. The summed E-state index contributed by atoms with van der Waals surface area (Å²) in [6.45, 7) is 2.72. The van der Waals surface area contributed by atoms with Crippen molar-refractivity contribution in [2.75, 3.05) is 29.9 Å². The summed E-state index contributed by atoms with van der Waals surface area (Å²) in [5.74, 6) is -13.4. The van der Waals surface area contributed by atoms with E-state index in [-0.39, 0.29) is 92.2 Å². The van der Waals surface area contributed by atoms with Gasteiger partial charge in [-0.1, -0.05) is 0 Å². The van der Waals surface area contributed by atoms with Gasteiger partial charge in [-0.05, 0) is 63.8 Å². The van der Waals surface area contributed by atoms with Gasteiger partial charge in [0.05, 0.1) is 42.6 Å². The molecule has 4 rings (SSSR count). The summed E-state index contributed by atoms with van der Waals surface area (Å²) in [5.41, 5.74) is 13.9. The van der Waals surface area contributed by atoms with Crippen molar-refractivity contribution in [2.24, 2.45) is 10.8 Å². The third-order valence-electron chi connectivity index (χ3n) is 12.0. The van der Waals surface area contributed by atoms with Gasteiger partial charge in [0.15, 0.2) is 17.1 Å². The van der Waals surface area contributed by atoms with E-state index in [0.717, 1.165) is 16.7 Å². The number of hydrogen-bond acceptors (Lipinski definition) is 22. The predicted octanol–water partition coefficient (Wildman–Crippen LogP) is -3.67. The molecule has 0 bridgehead atoms. The van der Waals surface area contributed by atoms with Crippen molar-refractivity contribution in [1.82, 2.24) is 62.2 Å². The first-order valence-electron chi connectivity index (χ1n) is 25.6. The molecule has 6 atom stereocenters. The van der Waals surface area contributed by atoms with Crippen molar-refractivity contribution < 1.29 is 77.6 Å². The van der Waals surface area contributed by atoms with Crippen LogP contribution < -0.4 is 59.7 Å². The number of fused-ring (bicyclic) bond motifs is 1. The minimum Gasteiger partial charge on any atom is -0.481 e. The molecular weight excluding hydrogens is 1130 g/mol. The number of aromatic nitrogens is 4. The number of amides is 8. The van der Waals surface area contributed by atoms with E-state index in [1.807, 2.05) is 0 Å². The number of hydrazone groups is 1. The summed E-state index contributed by atoms with van der Waals surface area (Å²) < 4.78 is 0. The van der Waals surface area contributed by atoms with Gasteiger partial charge in [-0.3, -0.25) is 68.0 Å². The lowest BCUT2D eigenvalue weighted by Crippen LogP contribution is -2.58. The number of aldehydes is 1. The molecule has 84 heavy (non-hydrogen) atoms. The Labute approximate surface area is 480 Å². The maximum absolute atomic E-state index is 13.8. The van der Waals surface area contributed by atoms with Crippen molar-refractivity contribution in [3.63, 3.8) is 0 Å². The number of H-pyrrole nitrogens is 1. The molecule has 3 aromatic rings. The van der Waals surface area contributed by atoms with E-state index in [2.05, 4.69) is 67.7 Å². The summed E-state index contributed by atoms with van der Waals surface area (Å²) >= 11 is 0.797. The highest BCUT2D eigenvalue weighted by Crippen LogP contribution is 2.26. The van der Waals surface area contributed by atoms with Crippen LogP contribution in [-0.2, 0) is 64.1 Å². The van der Waals surface area contributed by atoms with Crippen molar-refractivity contribution in [2.45, 2.75) is 120 Å². The second-order valence-corrected chi connectivity index (χ2v) is 20.0. The number of carboxylic acid groups (broad SMARTS) is 3. The number of nitrogens with two attached hydrogens (primary N) is 2. The highest BCUT2D eigenvalue weighted by atomic mass is 32.2. The molecule has 2 aromatic heterocycles. The molecule has 1 saturated heterocycles. The van der Waals surface area contributed by atoms with Crippen LogP contribution in [0.2, 0.25) is 0 Å². The van der Waals surface area contributed by atoms with E-state index in [1.165, 1.54) is 37.4 Å². The normalized spacial score (nSPS) is 14.8. The van der Waals surface area contributed by atoms with Crippen LogP contribution in [0.3, 0.4) is 0 Å². The number of carbonyl (C=O) groups excluding carboxylic acids is 10. The van der Waals surface area contributed by atoms with Crippen molar-refractivity contribution in [3.8, 4) is 0 Å². The second-order valence-electron chi connectivity index (χ2n) is 18.7. The quantitative estimate of drug-likeness (QED) is 0.00674. The van der Waals surface area contributed by atoms with Gasteiger partial charge in [0.1, 0.15) is 36.2 Å². The molecule has 452 valence electrons. The van der Waals surface area contributed by atoms with Gasteiger partial charge in [-0.25, -0.2) is 20.2 Å². The van der Waals surface area contributed by atoms with Gasteiger partial charge >= 0.3 is 17.9 Å². The third-order valence-corrected chi connectivity index (χ3v) is 13.3. The smallest absolute Gasteiger partial charge is 0.326 e. The first-order valence-corrected chi connectivity index (χ1v) is 26.6. The minimum atomic E-state index is -1.94. The number of hydrogen-bond donors (Lipinski definition) is 15. The number of thioether (sulfide) groups is 1. The van der Waals surface area contributed by atoms with Gasteiger partial charge in [0.2, 0.25) is 47.3 Å². The zero-order valence-corrected chi connectivity index (χ0v) is 46.0. The third kappa shape index (κ3) is 22.2. The van der Waals surface area contributed by atoms with Gasteiger partial charge in [0, 0.05) is 61.5 Å². The average Bonchev–Trinajstić information content (AvgIpc) is 3.64. The van der Waals surface area contributed by atoms with Crippen LogP contribution in [-0.4, -0.2) is 183 Å². The minimum absolute atomic E-state index is 0.00546. The van der Waals surface area contributed by atoms with Crippen LogP contribution in [0.15, 0.2) is 40.4 Å². The van der Waals surface area contributed by atoms with Gasteiger partial charge < -0.3 is 73.6 Å². The Morgan fingerprint density at radius 3 is 2.10 bits per heavy atom. The molecule has 8 amide bonds. The fraction of sp³-hybridized carbons (Fsp3) is 0.449. The number of nitrogen functional groups attached to an aromatic ring is 1. The Balaban J connectivity index is 1.35. The summed E-state index contributed by atoms with van der Waals surface area (Å²) in [4.78, 5) is 192. The van der Waals surface area contributed by atoms with Gasteiger partial charge in [0.25, 0.3) is 11.5 Å². The number of nitrogens with one attached hydrogen (secondary N) is 10. The molecule has 1 fully saturated rings. The Bertz CT molecular complexity index is 3100. The number of likely N-dealkylation sites (tertiary alicyclic amines) is 1. The number of Topliss-reactive ketones (excluding diaryl/α,β-unsaturated/α-hetero) is 1. The SMILES string of the molecule is CC(=O)CC/C(C)=N\NC(=O)CCN1C(=O)CC(SC[C@@H](C=O)NC(=O)[C@H](CC(=O)O)NC(=O)[C@H](CCCNC(=N)N)NC(=O)[C@H](CC(=O)O)NC(=O)CC[C@H](NC(=O)c2ccc(NCc3cnc4nc(N)[nH]c(=O)c4n3)cc2)C(=O)O)C1=O. The monoisotopic (exact) mass is 1190 g/mol. The van der Waals surface area contributed by atoms with Crippen LogP contribution in [0.4, 0.5) is 11.6 Å². The molecule has 34 nitrogen and oxygen atoms in total. The molecule has 3 heterocycles. The summed E-state index contributed by atoms with van der Waals surface area (Å²) in [6, 6.07) is -3.01. The topological polar surface area (TPSA) is 542 Å². The number of carbonyl (C=O) groups is 13. The summed E-state index contributed by atoms with van der Waals surface area (Å²) in [7, 11) is 0. The van der Waals surface area contributed by atoms with Crippen LogP contribution in [0.5, 0.6) is 0 Å². The largest absolute Gasteiger partial charge is 0.481 e. The van der Waals surface area contributed by atoms with Gasteiger partial charge in [-0.15, -0.1) is 11.8 Å². The molecule has 0 aliphatic carbocycles. The standard InChI is InChI=1S/C49H63N17O17S/c1-23(5-6-24(2)68)64-65-35(70)13-15-66-36(71)18-33(46(66)81)84-22-28(21-67)57-43(78)32(17-38(74)75)61-42(77)29(4-3-14-53-48(50)51)59-44(79)31(16-37(72)73)58-34(69)12-11-30(47(82)83)60-41(76)25-7-9-26(10-8-25)54-19-27-20-55-40-39(56-27)45(80)63-49(52)62-40/h7-10,20-21,28-33,54H,3-6,11-19,22H2,1-2H3,(H,57,78)(H,58,69)(H,59,79)(H,60,76)(H,61,77)(H,65,70)(H,72,73)(H,74,75)(H,82,83)(H4,50,51,53)(H3,52,55,62,63,80)/b64-23-/t28-,29+,30+,31+,32+,33?/m1/s1. The van der Waals surface area contributed by atoms with Crippen molar-refractivity contribution in [3.05, 3.63) is 52.1 Å². The lowest BCUT2D eigenvalue weighted by Gasteiger charge is -2.25. The number of guanidine groups is 1. The number of anilines is 2. The van der Waals surface area contributed by atoms with Crippen LogP contribution in [0.25, 0.3) is 11.2 Å². The number of rotatable bonds is 35. The number of nitrogens with zero attached hydrogens (tertiary/aromatic N) is 5. The molecule has 0 radical (unpaired) electrons. The van der Waals surface area contributed by atoms with E-state index in [4.69, 9.17) is 16.9 Å². The average molecular weight is 1190 g/mol. The first-order chi connectivity index (χ1) is 39.7. The molecule has 35 heteroatoms. The van der Waals surface area contributed by atoms with Crippen molar-refractivity contribution in [1.29, 1.82) is 5.41 Å². The number of carboxylic acids is 3. The van der Waals surface area contributed by atoms with E-state index in [1.54, 1.807) is 6.92 Å². The lowest BCUT2D eigenvalue weighted by molar-refractivity contribution is -0.142. The molecular formula is C49H63N17O17S. The molecule has 0 spiro atoms. The maximum Gasteiger partial charge on any atom is 0.326 e. The Kier molecular flexibility index (Phi) is 25.7. The molecule has 1 unspecified atom stereocenters.